The zero-order valence-electron chi connectivity index (χ0n) is 8.96. The molecular formula is C12H12FNO2. The highest BCUT2D eigenvalue weighted by atomic mass is 19.1. The molecule has 0 atom stereocenters. The number of benzene rings is 1. The minimum absolute atomic E-state index is 0.380. The van der Waals surface area contributed by atoms with E-state index >= 15 is 0 Å². The number of isocyanates is 1. The highest BCUT2D eigenvalue weighted by Crippen LogP contribution is 2.48. The van der Waals surface area contributed by atoms with Crippen LogP contribution in [0.5, 0.6) is 5.75 Å². The summed E-state index contributed by atoms with van der Waals surface area (Å²) in [5, 5.41) is 9.74. The molecule has 0 bridgehead atoms. The largest absolute Gasteiger partial charge is 0.505 e. The van der Waals surface area contributed by atoms with E-state index in [1.165, 1.54) is 6.08 Å². The molecule has 4 heteroatoms. The summed E-state index contributed by atoms with van der Waals surface area (Å²) in [6.07, 6.45) is 3.73. The molecule has 0 amide bonds. The van der Waals surface area contributed by atoms with Gasteiger partial charge in [0.2, 0.25) is 6.08 Å². The lowest BCUT2D eigenvalue weighted by atomic mass is 9.72. The molecule has 0 aromatic heterocycles. The van der Waals surface area contributed by atoms with E-state index in [0.29, 0.717) is 24.0 Å². The van der Waals surface area contributed by atoms with Gasteiger partial charge in [-0.15, -0.1) is 0 Å². The molecule has 0 unspecified atom stereocenters. The van der Waals surface area contributed by atoms with Crippen LogP contribution in [0.15, 0.2) is 17.1 Å². The Morgan fingerprint density at radius 2 is 2.19 bits per heavy atom. The van der Waals surface area contributed by atoms with Crippen LogP contribution in [-0.4, -0.2) is 11.2 Å². The molecule has 0 heterocycles. The summed E-state index contributed by atoms with van der Waals surface area (Å²) in [4.78, 5) is 14.1. The third-order valence-electron chi connectivity index (χ3n) is 3.25. The number of aromatic hydroxyl groups is 1. The monoisotopic (exact) mass is 221 g/mol. The molecule has 1 aromatic rings. The van der Waals surface area contributed by atoms with Gasteiger partial charge < -0.3 is 5.11 Å². The van der Waals surface area contributed by atoms with Gasteiger partial charge in [-0.25, -0.2) is 9.18 Å². The molecule has 0 saturated heterocycles. The molecule has 1 aliphatic rings. The van der Waals surface area contributed by atoms with Crippen molar-refractivity contribution in [2.75, 3.05) is 0 Å². The molecule has 1 N–H and O–H groups in total. The molecular weight excluding hydrogens is 209 g/mol. The van der Waals surface area contributed by atoms with E-state index in [0.717, 1.165) is 6.42 Å². The van der Waals surface area contributed by atoms with Gasteiger partial charge in [-0.2, -0.15) is 4.99 Å². The predicted molar refractivity (Wildman–Crippen MR) is 56.5 cm³/mol. The third-order valence-corrected chi connectivity index (χ3v) is 3.25. The van der Waals surface area contributed by atoms with Gasteiger partial charge in [-0.05, 0) is 31.7 Å². The Kier molecular flexibility index (Phi) is 2.52. The maximum atomic E-state index is 13.5. The van der Waals surface area contributed by atoms with E-state index in [1.807, 2.05) is 0 Å². The Morgan fingerprint density at radius 3 is 2.69 bits per heavy atom. The quantitative estimate of drug-likeness (QED) is 0.616. The maximum absolute atomic E-state index is 13.5. The number of rotatable bonds is 2. The molecule has 1 aromatic carbocycles. The molecule has 3 nitrogen and oxygen atoms in total. The first-order valence-electron chi connectivity index (χ1n) is 5.18. The van der Waals surface area contributed by atoms with Gasteiger partial charge in [0.25, 0.3) is 0 Å². The minimum Gasteiger partial charge on any atom is -0.505 e. The van der Waals surface area contributed by atoms with Crippen LogP contribution in [0.3, 0.4) is 0 Å². The highest BCUT2D eigenvalue weighted by Gasteiger charge is 2.41. The van der Waals surface area contributed by atoms with Gasteiger partial charge in [0.1, 0.15) is 5.54 Å². The van der Waals surface area contributed by atoms with Crippen molar-refractivity contribution in [2.45, 2.75) is 31.7 Å². The van der Waals surface area contributed by atoms with E-state index in [1.54, 1.807) is 19.1 Å². The molecule has 1 aliphatic carbocycles. The van der Waals surface area contributed by atoms with Crippen molar-refractivity contribution in [1.29, 1.82) is 0 Å². The molecule has 0 radical (unpaired) electrons. The van der Waals surface area contributed by atoms with E-state index in [4.69, 9.17) is 0 Å². The minimum atomic E-state index is -0.750. The SMILES string of the molecule is Cc1ccc(C2(N=C=O)CCC2)c(O)c1F. The number of aliphatic imine (C=N–C) groups is 1. The smallest absolute Gasteiger partial charge is 0.235 e. The number of aryl methyl sites for hydroxylation is 1. The number of hydrogen-bond acceptors (Lipinski definition) is 3. The van der Waals surface area contributed by atoms with Crippen molar-refractivity contribution < 1.29 is 14.3 Å². The molecule has 16 heavy (non-hydrogen) atoms. The van der Waals surface area contributed by atoms with Crippen LogP contribution in [0.2, 0.25) is 0 Å². The lowest BCUT2D eigenvalue weighted by molar-refractivity contribution is 0.245. The summed E-state index contributed by atoms with van der Waals surface area (Å²) >= 11 is 0. The lowest BCUT2D eigenvalue weighted by Gasteiger charge is -2.37. The topological polar surface area (TPSA) is 49.7 Å². The van der Waals surface area contributed by atoms with Crippen LogP contribution in [0.1, 0.15) is 30.4 Å². The summed E-state index contributed by atoms with van der Waals surface area (Å²) in [5.41, 5.74) is 0.0245. The fourth-order valence-electron chi connectivity index (χ4n) is 2.08. The van der Waals surface area contributed by atoms with Gasteiger partial charge >= 0.3 is 0 Å². The average Bonchev–Trinajstić information content (AvgIpc) is 2.21. The average molecular weight is 221 g/mol. The van der Waals surface area contributed by atoms with Crippen molar-refractivity contribution >= 4 is 6.08 Å². The summed E-state index contributed by atoms with van der Waals surface area (Å²) < 4.78 is 13.5. The molecule has 84 valence electrons. The van der Waals surface area contributed by atoms with E-state index in [2.05, 4.69) is 4.99 Å². The van der Waals surface area contributed by atoms with E-state index in [9.17, 15) is 14.3 Å². The molecule has 2 rings (SSSR count). The van der Waals surface area contributed by atoms with Gasteiger partial charge in [-0.1, -0.05) is 12.1 Å². The Labute approximate surface area is 92.6 Å². The van der Waals surface area contributed by atoms with Crippen LogP contribution in [0, 0.1) is 12.7 Å². The zero-order chi connectivity index (χ0) is 11.8. The number of halogens is 1. The van der Waals surface area contributed by atoms with Crippen LogP contribution in [0.25, 0.3) is 0 Å². The van der Waals surface area contributed by atoms with Crippen molar-refractivity contribution in [3.05, 3.63) is 29.1 Å². The standard InChI is InChI=1S/C12H12FNO2/c1-8-3-4-9(11(16)10(8)13)12(14-7-15)5-2-6-12/h3-4,16H,2,5-6H2,1H3. The van der Waals surface area contributed by atoms with Gasteiger partial charge in [0.15, 0.2) is 11.6 Å². The van der Waals surface area contributed by atoms with E-state index < -0.39 is 17.1 Å². The van der Waals surface area contributed by atoms with Crippen molar-refractivity contribution in [3.8, 4) is 5.75 Å². The van der Waals surface area contributed by atoms with E-state index in [-0.39, 0.29) is 0 Å². The van der Waals surface area contributed by atoms with Gasteiger partial charge in [0.05, 0.1) is 0 Å². The van der Waals surface area contributed by atoms with Crippen molar-refractivity contribution in [3.63, 3.8) is 0 Å². The van der Waals surface area contributed by atoms with Crippen LogP contribution in [-0.2, 0) is 10.3 Å². The zero-order valence-corrected chi connectivity index (χ0v) is 8.96. The number of carbonyl (C=O) groups excluding carboxylic acids is 1. The maximum Gasteiger partial charge on any atom is 0.235 e. The highest BCUT2D eigenvalue weighted by molar-refractivity contribution is 5.47. The number of phenols is 1. The van der Waals surface area contributed by atoms with Crippen LogP contribution < -0.4 is 0 Å². The Bertz CT molecular complexity index is 474. The summed E-state index contributed by atoms with van der Waals surface area (Å²) in [6.45, 7) is 1.58. The Hall–Kier alpha value is -1.67. The molecule has 1 saturated carbocycles. The Balaban J connectivity index is 2.55. The molecule has 0 aliphatic heterocycles. The normalized spacial score (nSPS) is 17.4. The van der Waals surface area contributed by atoms with Gasteiger partial charge in [-0.3, -0.25) is 0 Å². The first-order valence-corrected chi connectivity index (χ1v) is 5.18. The predicted octanol–water partition coefficient (Wildman–Crippen LogP) is 2.55. The fraction of sp³-hybridized carbons (Fsp3) is 0.417. The lowest BCUT2D eigenvalue weighted by Crippen LogP contribution is -2.32. The fourth-order valence-corrected chi connectivity index (χ4v) is 2.08. The second kappa shape index (κ2) is 3.72. The first kappa shape index (κ1) is 10.8. The number of hydrogen-bond donors (Lipinski definition) is 1. The van der Waals surface area contributed by atoms with Crippen molar-refractivity contribution in [1.82, 2.24) is 0 Å². The number of phenolic OH excluding ortho intramolecular Hbond substituents is 1. The second-order valence-corrected chi connectivity index (χ2v) is 4.18. The third kappa shape index (κ3) is 1.42. The molecule has 1 fully saturated rings. The Morgan fingerprint density at radius 1 is 1.50 bits per heavy atom. The first-order chi connectivity index (χ1) is 7.60. The second-order valence-electron chi connectivity index (χ2n) is 4.18. The summed E-state index contributed by atoms with van der Waals surface area (Å²) in [6, 6.07) is 3.22. The van der Waals surface area contributed by atoms with Gasteiger partial charge in [0, 0.05) is 5.56 Å². The molecule has 0 spiro atoms. The number of nitrogens with zero attached hydrogens (tertiary/aromatic N) is 1. The van der Waals surface area contributed by atoms with Crippen molar-refractivity contribution in [2.24, 2.45) is 4.99 Å². The summed E-state index contributed by atoms with van der Waals surface area (Å²) in [7, 11) is 0. The van der Waals surface area contributed by atoms with Crippen LogP contribution in [0.4, 0.5) is 4.39 Å². The van der Waals surface area contributed by atoms with Crippen LogP contribution >= 0.6 is 0 Å². The summed E-state index contributed by atoms with van der Waals surface area (Å²) in [5.74, 6) is -1.02.